The van der Waals surface area contributed by atoms with Crippen molar-refractivity contribution in [1.82, 2.24) is 5.06 Å². The smallest absolute Gasteiger partial charge is 0.251 e. The number of carbonyl (C=O) groups excluding carboxylic acids is 1. The molecule has 0 saturated heterocycles. The molecule has 0 fully saturated rings. The molecule has 1 aliphatic carbocycles. The summed E-state index contributed by atoms with van der Waals surface area (Å²) in [6.07, 6.45) is 6.37. The topological polar surface area (TPSA) is 49.8 Å². The van der Waals surface area contributed by atoms with Crippen LogP contribution in [0.2, 0.25) is 0 Å². The lowest BCUT2D eigenvalue weighted by molar-refractivity contribution is -0.176. The van der Waals surface area contributed by atoms with Gasteiger partial charge in [-0.3, -0.25) is 9.63 Å². The van der Waals surface area contributed by atoms with E-state index in [9.17, 15) is 9.90 Å². The number of allylic oxidation sites excluding steroid dienone is 2. The van der Waals surface area contributed by atoms with Crippen LogP contribution in [-0.4, -0.2) is 36.3 Å². The minimum atomic E-state index is -0.588. The summed E-state index contributed by atoms with van der Waals surface area (Å²) in [6, 6.07) is 0. The van der Waals surface area contributed by atoms with Crippen LogP contribution in [-0.2, 0) is 9.63 Å². The normalized spacial score (nSPS) is 19.8. The number of nitrogens with zero attached hydrogens (tertiary/aromatic N) is 1. The van der Waals surface area contributed by atoms with Crippen molar-refractivity contribution in [2.24, 2.45) is 11.8 Å². The number of rotatable bonds is 5. The van der Waals surface area contributed by atoms with E-state index in [1.54, 1.807) is 14.0 Å². The Hall–Kier alpha value is -0.870. The fourth-order valence-corrected chi connectivity index (χ4v) is 1.95. The lowest BCUT2D eigenvalue weighted by Crippen LogP contribution is -2.37. The molecule has 0 spiro atoms. The van der Waals surface area contributed by atoms with Crippen molar-refractivity contribution in [1.29, 1.82) is 0 Å². The first kappa shape index (κ1) is 13.2. The van der Waals surface area contributed by atoms with E-state index >= 15 is 0 Å². The van der Waals surface area contributed by atoms with Gasteiger partial charge in [0, 0.05) is 7.05 Å². The number of hydrogen-bond donors (Lipinski definition) is 1. The van der Waals surface area contributed by atoms with Crippen molar-refractivity contribution >= 4 is 5.91 Å². The summed E-state index contributed by atoms with van der Waals surface area (Å²) < 4.78 is 0. The highest BCUT2D eigenvalue weighted by molar-refractivity contribution is 5.77. The van der Waals surface area contributed by atoms with E-state index in [2.05, 4.69) is 12.2 Å². The molecule has 1 amide bonds. The monoisotopic (exact) mass is 227 g/mol. The Labute approximate surface area is 96.8 Å². The van der Waals surface area contributed by atoms with Gasteiger partial charge in [0.05, 0.1) is 19.1 Å². The number of hydroxylamine groups is 2. The van der Waals surface area contributed by atoms with Crippen LogP contribution < -0.4 is 0 Å². The highest BCUT2D eigenvalue weighted by atomic mass is 16.7. The maximum atomic E-state index is 11.7. The Bertz CT molecular complexity index is 257. The lowest BCUT2D eigenvalue weighted by atomic mass is 9.92. The summed E-state index contributed by atoms with van der Waals surface area (Å²) in [5, 5.41) is 11.1. The summed E-state index contributed by atoms with van der Waals surface area (Å²) >= 11 is 0. The summed E-state index contributed by atoms with van der Waals surface area (Å²) in [4.78, 5) is 16.5. The van der Waals surface area contributed by atoms with Gasteiger partial charge in [-0.2, -0.15) is 0 Å². The Kier molecular flexibility index (Phi) is 4.96. The van der Waals surface area contributed by atoms with E-state index in [-0.39, 0.29) is 5.91 Å². The highest BCUT2D eigenvalue weighted by Gasteiger charge is 2.27. The molecule has 0 radical (unpaired) electrons. The standard InChI is InChI=1S/C12H21NO3/c1-9(12(15)13(2)16-3)11(14)8-10-6-4-5-7-10/h4-5,9-11,14H,6-8H2,1-3H3. The fraction of sp³-hybridized carbons (Fsp3) is 0.750. The molecule has 4 heteroatoms. The third-order valence-electron chi connectivity index (χ3n) is 3.23. The molecule has 16 heavy (non-hydrogen) atoms. The average molecular weight is 227 g/mol. The molecule has 1 aliphatic rings. The second-order valence-electron chi connectivity index (χ2n) is 4.42. The number of carbonyl (C=O) groups is 1. The molecule has 1 N–H and O–H groups in total. The zero-order valence-electron chi connectivity index (χ0n) is 10.2. The molecule has 0 aromatic carbocycles. The van der Waals surface area contributed by atoms with Gasteiger partial charge in [0.2, 0.25) is 0 Å². The fourth-order valence-electron chi connectivity index (χ4n) is 1.95. The minimum Gasteiger partial charge on any atom is -0.392 e. The Balaban J connectivity index is 2.40. The number of aliphatic hydroxyl groups is 1. The molecular weight excluding hydrogens is 206 g/mol. The Morgan fingerprint density at radius 2 is 2.12 bits per heavy atom. The van der Waals surface area contributed by atoms with Crippen LogP contribution in [0, 0.1) is 11.8 Å². The second-order valence-corrected chi connectivity index (χ2v) is 4.42. The van der Waals surface area contributed by atoms with Gasteiger partial charge in [0.1, 0.15) is 0 Å². The molecule has 2 unspecified atom stereocenters. The predicted octanol–water partition coefficient (Wildman–Crippen LogP) is 1.36. The van der Waals surface area contributed by atoms with Gasteiger partial charge in [0.15, 0.2) is 0 Å². The molecule has 0 aromatic rings. The Morgan fingerprint density at radius 3 is 2.62 bits per heavy atom. The van der Waals surface area contributed by atoms with Crippen LogP contribution in [0.4, 0.5) is 0 Å². The van der Waals surface area contributed by atoms with E-state index in [1.165, 1.54) is 12.2 Å². The van der Waals surface area contributed by atoms with Gasteiger partial charge in [-0.15, -0.1) is 0 Å². The Morgan fingerprint density at radius 1 is 1.56 bits per heavy atom. The molecule has 0 aliphatic heterocycles. The molecule has 2 atom stereocenters. The lowest BCUT2D eigenvalue weighted by Gasteiger charge is -2.24. The molecular formula is C12H21NO3. The van der Waals surface area contributed by atoms with E-state index < -0.39 is 12.0 Å². The summed E-state index contributed by atoms with van der Waals surface area (Å²) in [6.45, 7) is 1.74. The first-order chi connectivity index (χ1) is 7.56. The van der Waals surface area contributed by atoms with E-state index in [1.807, 2.05) is 0 Å². The molecule has 4 nitrogen and oxygen atoms in total. The number of amides is 1. The van der Waals surface area contributed by atoms with Crippen LogP contribution in [0.1, 0.15) is 26.2 Å². The number of aliphatic hydroxyl groups excluding tert-OH is 1. The minimum absolute atomic E-state index is 0.180. The average Bonchev–Trinajstić information content (AvgIpc) is 2.78. The second kappa shape index (κ2) is 6.01. The van der Waals surface area contributed by atoms with E-state index in [0.29, 0.717) is 12.3 Å². The largest absolute Gasteiger partial charge is 0.392 e. The number of hydrogen-bond acceptors (Lipinski definition) is 3. The molecule has 0 bridgehead atoms. The molecule has 0 saturated carbocycles. The zero-order valence-corrected chi connectivity index (χ0v) is 10.2. The summed E-state index contributed by atoms with van der Waals surface area (Å²) in [5.74, 6) is -0.107. The van der Waals surface area contributed by atoms with Gasteiger partial charge in [-0.05, 0) is 25.2 Å². The summed E-state index contributed by atoms with van der Waals surface area (Å²) in [7, 11) is 3.00. The van der Waals surface area contributed by atoms with Crippen molar-refractivity contribution in [3.63, 3.8) is 0 Å². The first-order valence-electron chi connectivity index (χ1n) is 5.71. The quantitative estimate of drug-likeness (QED) is 0.570. The van der Waals surface area contributed by atoms with Crippen molar-refractivity contribution < 1.29 is 14.7 Å². The summed E-state index contributed by atoms with van der Waals surface area (Å²) in [5.41, 5.74) is 0. The van der Waals surface area contributed by atoms with Crippen molar-refractivity contribution in [2.75, 3.05) is 14.2 Å². The van der Waals surface area contributed by atoms with Crippen molar-refractivity contribution in [2.45, 2.75) is 32.3 Å². The molecule has 0 aromatic heterocycles. The van der Waals surface area contributed by atoms with Crippen LogP contribution in [0.5, 0.6) is 0 Å². The SMILES string of the molecule is CON(C)C(=O)C(C)C(O)CC1CC=CC1. The van der Waals surface area contributed by atoms with E-state index in [4.69, 9.17) is 4.84 Å². The van der Waals surface area contributed by atoms with Crippen molar-refractivity contribution in [3.05, 3.63) is 12.2 Å². The predicted molar refractivity (Wildman–Crippen MR) is 61.4 cm³/mol. The van der Waals surface area contributed by atoms with E-state index in [0.717, 1.165) is 12.8 Å². The van der Waals surface area contributed by atoms with Crippen LogP contribution >= 0.6 is 0 Å². The van der Waals surface area contributed by atoms with Gasteiger partial charge >= 0.3 is 0 Å². The first-order valence-corrected chi connectivity index (χ1v) is 5.71. The van der Waals surface area contributed by atoms with Gasteiger partial charge in [0.25, 0.3) is 5.91 Å². The molecule has 1 rings (SSSR count). The van der Waals surface area contributed by atoms with Gasteiger partial charge in [-0.1, -0.05) is 19.1 Å². The van der Waals surface area contributed by atoms with Crippen LogP contribution in [0.3, 0.4) is 0 Å². The maximum absolute atomic E-state index is 11.7. The van der Waals surface area contributed by atoms with Crippen molar-refractivity contribution in [3.8, 4) is 0 Å². The third kappa shape index (κ3) is 3.32. The molecule has 0 heterocycles. The highest BCUT2D eigenvalue weighted by Crippen LogP contribution is 2.25. The van der Waals surface area contributed by atoms with Crippen LogP contribution in [0.25, 0.3) is 0 Å². The van der Waals surface area contributed by atoms with Gasteiger partial charge < -0.3 is 5.11 Å². The zero-order chi connectivity index (χ0) is 12.1. The van der Waals surface area contributed by atoms with Gasteiger partial charge in [-0.25, -0.2) is 5.06 Å². The van der Waals surface area contributed by atoms with Crippen LogP contribution in [0.15, 0.2) is 12.2 Å². The third-order valence-corrected chi connectivity index (χ3v) is 3.23. The maximum Gasteiger partial charge on any atom is 0.251 e. The molecule has 92 valence electrons.